The normalized spacial score (nSPS) is 21.1. The van der Waals surface area contributed by atoms with Crippen molar-refractivity contribution in [2.24, 2.45) is 5.92 Å². The highest BCUT2D eigenvalue weighted by molar-refractivity contribution is 7.17. The van der Waals surface area contributed by atoms with Gasteiger partial charge in [0.05, 0.1) is 11.7 Å². The Morgan fingerprint density at radius 1 is 1.12 bits per heavy atom. The molecule has 0 amide bonds. The molecule has 5 nitrogen and oxygen atoms in total. The van der Waals surface area contributed by atoms with Crippen LogP contribution in [0.3, 0.4) is 0 Å². The Labute approximate surface area is 205 Å². The smallest absolute Gasteiger partial charge is 0.157 e. The summed E-state index contributed by atoms with van der Waals surface area (Å²) in [5.74, 6) is 1.85. The maximum Gasteiger partial charge on any atom is 0.157 e. The van der Waals surface area contributed by atoms with Crippen LogP contribution in [0, 0.1) is 19.8 Å². The highest BCUT2D eigenvalue weighted by Gasteiger charge is 2.29. The number of aromatic nitrogens is 3. The van der Waals surface area contributed by atoms with E-state index in [4.69, 9.17) is 10.1 Å². The molecule has 176 valence electrons. The lowest BCUT2D eigenvalue weighted by Crippen LogP contribution is -2.32. The summed E-state index contributed by atoms with van der Waals surface area (Å²) in [4.78, 5) is 9.99. The summed E-state index contributed by atoms with van der Waals surface area (Å²) in [7, 11) is 0. The standard InChI is InChI=1S/C28H33N5S/c1-18-8-9-26-22(13-18)23(17-34-26)21(4)32-11-6-5-7-25(32)24-14-27-29-28(20(3)16-33(27)30-24)31-12-10-19(2)15-31/h8-9,13-14,16-17,19,25H,4-7,10-12,15H2,1-3H3. The van der Waals surface area contributed by atoms with Gasteiger partial charge in [-0.25, -0.2) is 9.50 Å². The quantitative estimate of drug-likeness (QED) is 0.336. The Hall–Kier alpha value is -2.86. The average molecular weight is 472 g/mol. The molecule has 2 saturated heterocycles. The largest absolute Gasteiger partial charge is 0.363 e. The zero-order valence-electron chi connectivity index (χ0n) is 20.4. The second-order valence-corrected chi connectivity index (χ2v) is 11.2. The molecule has 0 radical (unpaired) electrons. The molecule has 4 aromatic rings. The third kappa shape index (κ3) is 3.68. The molecule has 1 aromatic carbocycles. The van der Waals surface area contributed by atoms with E-state index in [0.29, 0.717) is 0 Å². The minimum atomic E-state index is 0.235. The molecule has 0 spiro atoms. The van der Waals surface area contributed by atoms with Gasteiger partial charge in [0.25, 0.3) is 0 Å². The van der Waals surface area contributed by atoms with Gasteiger partial charge in [-0.05, 0) is 57.6 Å². The minimum Gasteiger partial charge on any atom is -0.363 e. The van der Waals surface area contributed by atoms with Gasteiger partial charge in [-0.15, -0.1) is 11.3 Å². The van der Waals surface area contributed by atoms with Crippen molar-refractivity contribution in [3.8, 4) is 0 Å². The van der Waals surface area contributed by atoms with Crippen LogP contribution in [-0.4, -0.2) is 39.1 Å². The Balaban J connectivity index is 1.35. The number of nitrogens with zero attached hydrogens (tertiary/aromatic N) is 5. The molecule has 34 heavy (non-hydrogen) atoms. The third-order valence-electron chi connectivity index (χ3n) is 7.58. The van der Waals surface area contributed by atoms with Gasteiger partial charge in [0, 0.05) is 64.2 Å². The molecule has 5 heterocycles. The maximum absolute atomic E-state index is 5.06. The molecule has 0 N–H and O–H groups in total. The van der Waals surface area contributed by atoms with Gasteiger partial charge in [-0.3, -0.25) is 0 Å². The second-order valence-electron chi connectivity index (χ2n) is 10.3. The number of aryl methyl sites for hydroxylation is 2. The number of anilines is 1. The number of thiophene rings is 1. The molecule has 3 aromatic heterocycles. The van der Waals surface area contributed by atoms with Crippen LogP contribution in [0.5, 0.6) is 0 Å². The van der Waals surface area contributed by atoms with Crippen molar-refractivity contribution in [3.63, 3.8) is 0 Å². The number of benzene rings is 1. The van der Waals surface area contributed by atoms with E-state index in [0.717, 1.165) is 54.8 Å². The number of likely N-dealkylation sites (tertiary alicyclic amines) is 1. The first-order valence-corrected chi connectivity index (χ1v) is 13.4. The van der Waals surface area contributed by atoms with Gasteiger partial charge in [-0.2, -0.15) is 5.10 Å². The number of hydrogen-bond donors (Lipinski definition) is 0. The van der Waals surface area contributed by atoms with E-state index in [-0.39, 0.29) is 6.04 Å². The van der Waals surface area contributed by atoms with Crippen LogP contribution in [0.25, 0.3) is 21.4 Å². The fourth-order valence-electron chi connectivity index (χ4n) is 5.71. The van der Waals surface area contributed by atoms with Crippen LogP contribution in [0.15, 0.2) is 42.4 Å². The minimum absolute atomic E-state index is 0.235. The second kappa shape index (κ2) is 8.42. The molecule has 6 heteroatoms. The van der Waals surface area contributed by atoms with Gasteiger partial charge in [0.15, 0.2) is 5.65 Å². The number of piperidine rings is 1. The van der Waals surface area contributed by atoms with Crippen molar-refractivity contribution in [2.45, 2.75) is 52.5 Å². The summed E-state index contributed by atoms with van der Waals surface area (Å²) in [6.45, 7) is 14.4. The molecule has 2 aliphatic heterocycles. The van der Waals surface area contributed by atoms with E-state index in [1.54, 1.807) is 0 Å². The summed E-state index contributed by atoms with van der Waals surface area (Å²) < 4.78 is 3.30. The summed E-state index contributed by atoms with van der Waals surface area (Å²) in [6, 6.07) is 9.16. The van der Waals surface area contributed by atoms with E-state index in [1.807, 2.05) is 15.9 Å². The fourth-order valence-corrected chi connectivity index (χ4v) is 6.66. The van der Waals surface area contributed by atoms with Crippen molar-refractivity contribution in [1.82, 2.24) is 19.5 Å². The SMILES string of the molecule is C=C(c1csc2ccc(C)cc12)N1CCCCC1c1cc2nc(N3CCC(C)C3)c(C)cn2n1. The van der Waals surface area contributed by atoms with Crippen LogP contribution < -0.4 is 4.90 Å². The van der Waals surface area contributed by atoms with Crippen molar-refractivity contribution in [3.05, 3.63) is 64.8 Å². The zero-order chi connectivity index (χ0) is 23.4. The number of rotatable bonds is 4. The molecule has 2 unspecified atom stereocenters. The summed E-state index contributed by atoms with van der Waals surface area (Å²) in [5, 5.41) is 8.62. The van der Waals surface area contributed by atoms with Gasteiger partial charge < -0.3 is 9.80 Å². The molecular weight excluding hydrogens is 438 g/mol. The van der Waals surface area contributed by atoms with E-state index in [1.165, 1.54) is 46.0 Å². The van der Waals surface area contributed by atoms with E-state index in [9.17, 15) is 0 Å². The van der Waals surface area contributed by atoms with E-state index >= 15 is 0 Å². The summed E-state index contributed by atoms with van der Waals surface area (Å²) >= 11 is 1.81. The van der Waals surface area contributed by atoms with Crippen molar-refractivity contribution in [1.29, 1.82) is 0 Å². The highest BCUT2D eigenvalue weighted by atomic mass is 32.1. The molecule has 0 aliphatic carbocycles. The third-order valence-corrected chi connectivity index (χ3v) is 8.54. The molecule has 0 saturated carbocycles. The monoisotopic (exact) mass is 471 g/mol. The Morgan fingerprint density at radius 3 is 2.82 bits per heavy atom. The molecule has 2 fully saturated rings. The van der Waals surface area contributed by atoms with Gasteiger partial charge in [0.1, 0.15) is 5.82 Å². The highest BCUT2D eigenvalue weighted by Crippen LogP contribution is 2.40. The lowest BCUT2D eigenvalue weighted by atomic mass is 9.97. The lowest BCUT2D eigenvalue weighted by molar-refractivity contribution is 0.226. The Bertz CT molecular complexity index is 1380. The molecular formula is C28H33N5S. The summed E-state index contributed by atoms with van der Waals surface area (Å²) in [5.41, 5.74) is 6.92. The first-order chi connectivity index (χ1) is 16.5. The van der Waals surface area contributed by atoms with Crippen molar-refractivity contribution < 1.29 is 0 Å². The lowest BCUT2D eigenvalue weighted by Gasteiger charge is -2.37. The van der Waals surface area contributed by atoms with Gasteiger partial charge in [0.2, 0.25) is 0 Å². The van der Waals surface area contributed by atoms with Crippen LogP contribution in [0.2, 0.25) is 0 Å². The van der Waals surface area contributed by atoms with E-state index in [2.05, 4.69) is 73.0 Å². The fraction of sp³-hybridized carbons (Fsp3) is 0.429. The molecule has 2 atom stereocenters. The molecule has 6 rings (SSSR count). The van der Waals surface area contributed by atoms with Crippen LogP contribution >= 0.6 is 11.3 Å². The van der Waals surface area contributed by atoms with Gasteiger partial charge in [-0.1, -0.05) is 25.1 Å². The van der Waals surface area contributed by atoms with Crippen molar-refractivity contribution in [2.75, 3.05) is 24.5 Å². The Morgan fingerprint density at radius 2 is 2.00 bits per heavy atom. The van der Waals surface area contributed by atoms with Crippen LogP contribution in [0.1, 0.15) is 61.0 Å². The molecule has 2 aliphatic rings. The predicted molar refractivity (Wildman–Crippen MR) is 143 cm³/mol. The summed E-state index contributed by atoms with van der Waals surface area (Å²) in [6.07, 6.45) is 6.90. The van der Waals surface area contributed by atoms with Crippen LogP contribution in [-0.2, 0) is 0 Å². The number of hydrogen-bond acceptors (Lipinski definition) is 5. The number of fused-ring (bicyclic) bond motifs is 2. The molecule has 0 bridgehead atoms. The van der Waals surface area contributed by atoms with E-state index < -0.39 is 0 Å². The average Bonchev–Trinajstić information content (AvgIpc) is 3.55. The maximum atomic E-state index is 5.06. The topological polar surface area (TPSA) is 36.7 Å². The van der Waals surface area contributed by atoms with Crippen LogP contribution in [0.4, 0.5) is 5.82 Å². The van der Waals surface area contributed by atoms with Gasteiger partial charge >= 0.3 is 0 Å². The predicted octanol–water partition coefficient (Wildman–Crippen LogP) is 6.60. The van der Waals surface area contributed by atoms with Crippen molar-refractivity contribution >= 4 is 38.6 Å². The Kier molecular flexibility index (Phi) is 5.36. The first kappa shape index (κ1) is 21.7. The first-order valence-electron chi connectivity index (χ1n) is 12.5. The zero-order valence-corrected chi connectivity index (χ0v) is 21.2.